The van der Waals surface area contributed by atoms with Gasteiger partial charge in [-0.25, -0.2) is 0 Å². The molecule has 0 amide bonds. The second kappa shape index (κ2) is 9.95. The molecule has 0 aliphatic heterocycles. The van der Waals surface area contributed by atoms with Crippen LogP contribution < -0.4 is 56.5 Å². The standard InChI is InChI=1S/C6H5ClO.C3H6O2.K/c7-5-1-3-6(8)4-2-5;1-2-3(4)5;/h1-4,8H;2H2,1H3,(H,4,5);/q;;+1/p-1. The Kier molecular flexibility index (Phi) is 12.0. The molecule has 0 aliphatic rings. The van der Waals surface area contributed by atoms with Gasteiger partial charge in [0, 0.05) is 11.4 Å². The molecular weight excluding hydrogens is 231 g/mol. The second-order valence-electron chi connectivity index (χ2n) is 2.20. The van der Waals surface area contributed by atoms with Gasteiger partial charge in [-0.2, -0.15) is 0 Å². The van der Waals surface area contributed by atoms with Crippen LogP contribution in [0.25, 0.3) is 0 Å². The van der Waals surface area contributed by atoms with Gasteiger partial charge in [-0.15, -0.1) is 5.75 Å². The Morgan fingerprint density at radius 2 is 1.79 bits per heavy atom. The van der Waals surface area contributed by atoms with Crippen molar-refractivity contribution < 1.29 is 66.4 Å². The van der Waals surface area contributed by atoms with Crippen LogP contribution in [0.3, 0.4) is 0 Å². The SMILES string of the molecule is CCC(=O)O.[K+].[O-]c1ccc(Cl)cc1. The number of hydrogen-bond donors (Lipinski definition) is 1. The molecule has 0 aromatic heterocycles. The molecule has 0 radical (unpaired) electrons. The van der Waals surface area contributed by atoms with Crippen molar-refractivity contribution in [3.8, 4) is 5.75 Å². The summed E-state index contributed by atoms with van der Waals surface area (Å²) in [6.07, 6.45) is 0.222. The molecule has 0 saturated heterocycles. The van der Waals surface area contributed by atoms with Crippen molar-refractivity contribution in [2.75, 3.05) is 0 Å². The van der Waals surface area contributed by atoms with Gasteiger partial charge >= 0.3 is 57.4 Å². The molecular formula is C9H10ClKO3. The summed E-state index contributed by atoms with van der Waals surface area (Å²) in [6.45, 7) is 1.60. The number of rotatable bonds is 1. The Labute approximate surface area is 131 Å². The molecule has 1 aromatic carbocycles. The summed E-state index contributed by atoms with van der Waals surface area (Å²) in [5.41, 5.74) is 0. The molecule has 1 aromatic rings. The summed E-state index contributed by atoms with van der Waals surface area (Å²) in [7, 11) is 0. The molecule has 0 bridgehead atoms. The van der Waals surface area contributed by atoms with Crippen molar-refractivity contribution >= 4 is 17.6 Å². The summed E-state index contributed by atoms with van der Waals surface area (Å²) >= 11 is 5.47. The molecule has 0 unspecified atom stereocenters. The van der Waals surface area contributed by atoms with E-state index in [1.54, 1.807) is 19.1 Å². The predicted molar refractivity (Wildman–Crippen MR) is 48.8 cm³/mol. The zero-order valence-corrected chi connectivity index (χ0v) is 12.0. The van der Waals surface area contributed by atoms with E-state index < -0.39 is 5.97 Å². The maximum absolute atomic E-state index is 10.4. The fourth-order valence-corrected chi connectivity index (χ4v) is 0.561. The first kappa shape index (κ1) is 16.8. The van der Waals surface area contributed by atoms with Gasteiger partial charge in [0.25, 0.3) is 0 Å². The number of carboxylic acid groups (broad SMARTS) is 1. The van der Waals surface area contributed by atoms with Crippen LogP contribution in [0.5, 0.6) is 5.75 Å². The van der Waals surface area contributed by atoms with E-state index in [1.807, 2.05) is 0 Å². The van der Waals surface area contributed by atoms with Crippen molar-refractivity contribution in [1.29, 1.82) is 0 Å². The molecule has 0 heterocycles. The Morgan fingerprint density at radius 3 is 2.00 bits per heavy atom. The van der Waals surface area contributed by atoms with Crippen LogP contribution in [0, 0.1) is 0 Å². The molecule has 0 fully saturated rings. The second-order valence-corrected chi connectivity index (χ2v) is 2.64. The van der Waals surface area contributed by atoms with Crippen molar-refractivity contribution in [3.05, 3.63) is 29.3 Å². The average Bonchev–Trinajstić information content (AvgIpc) is 2.11. The third-order valence-electron chi connectivity index (χ3n) is 1.12. The van der Waals surface area contributed by atoms with Gasteiger partial charge in [0.05, 0.1) is 0 Å². The van der Waals surface area contributed by atoms with Crippen molar-refractivity contribution in [2.45, 2.75) is 13.3 Å². The van der Waals surface area contributed by atoms with Gasteiger partial charge in [0.2, 0.25) is 0 Å². The number of aliphatic carboxylic acids is 1. The maximum atomic E-state index is 10.4. The average molecular weight is 241 g/mol. The van der Waals surface area contributed by atoms with Gasteiger partial charge in [-0.05, 0) is 12.1 Å². The molecule has 0 saturated carbocycles. The normalized spacial score (nSPS) is 7.86. The van der Waals surface area contributed by atoms with Crippen molar-refractivity contribution in [1.82, 2.24) is 0 Å². The quantitative estimate of drug-likeness (QED) is 0.634. The summed E-state index contributed by atoms with van der Waals surface area (Å²) in [4.78, 5) is 9.37. The maximum Gasteiger partial charge on any atom is 1.00 e. The summed E-state index contributed by atoms with van der Waals surface area (Å²) in [6, 6.07) is 6.01. The molecule has 14 heavy (non-hydrogen) atoms. The topological polar surface area (TPSA) is 60.4 Å². The van der Waals surface area contributed by atoms with Crippen LogP contribution in [0.1, 0.15) is 13.3 Å². The Hall–Kier alpha value is 0.416. The molecule has 0 spiro atoms. The molecule has 1 rings (SSSR count). The van der Waals surface area contributed by atoms with E-state index in [0.29, 0.717) is 5.02 Å². The Morgan fingerprint density at radius 1 is 1.43 bits per heavy atom. The molecule has 0 aliphatic carbocycles. The predicted octanol–water partition coefficient (Wildman–Crippen LogP) is -1.10. The van der Waals surface area contributed by atoms with Crippen molar-refractivity contribution in [2.24, 2.45) is 0 Å². The fourth-order valence-electron chi connectivity index (χ4n) is 0.435. The van der Waals surface area contributed by atoms with E-state index in [4.69, 9.17) is 16.7 Å². The molecule has 72 valence electrons. The molecule has 5 heteroatoms. The van der Waals surface area contributed by atoms with Crippen molar-refractivity contribution in [3.63, 3.8) is 0 Å². The minimum atomic E-state index is -0.745. The van der Waals surface area contributed by atoms with Crippen LogP contribution in [0.15, 0.2) is 24.3 Å². The van der Waals surface area contributed by atoms with E-state index in [0.717, 1.165) is 0 Å². The Bertz CT molecular complexity index is 240. The minimum Gasteiger partial charge on any atom is -0.872 e. The summed E-state index contributed by atoms with van der Waals surface area (Å²) < 4.78 is 0. The first-order chi connectivity index (χ1) is 6.06. The number of benzene rings is 1. The molecule has 0 atom stereocenters. The number of halogens is 1. The van der Waals surface area contributed by atoms with Crippen LogP contribution in [0.2, 0.25) is 5.02 Å². The van der Waals surface area contributed by atoms with Gasteiger partial charge in [-0.1, -0.05) is 30.7 Å². The van der Waals surface area contributed by atoms with Gasteiger partial charge in [0.15, 0.2) is 0 Å². The zero-order chi connectivity index (χ0) is 10.3. The van der Waals surface area contributed by atoms with E-state index in [-0.39, 0.29) is 63.6 Å². The van der Waals surface area contributed by atoms with E-state index >= 15 is 0 Å². The van der Waals surface area contributed by atoms with E-state index in [2.05, 4.69) is 0 Å². The van der Waals surface area contributed by atoms with Gasteiger partial charge in [-0.3, -0.25) is 4.79 Å². The fraction of sp³-hybridized carbons (Fsp3) is 0.222. The van der Waals surface area contributed by atoms with Gasteiger partial charge in [0.1, 0.15) is 0 Å². The largest absolute Gasteiger partial charge is 1.00 e. The third-order valence-corrected chi connectivity index (χ3v) is 1.37. The van der Waals surface area contributed by atoms with E-state index in [1.165, 1.54) is 12.1 Å². The third kappa shape index (κ3) is 10.5. The van der Waals surface area contributed by atoms with Crippen LogP contribution in [0.4, 0.5) is 0 Å². The summed E-state index contributed by atoms with van der Waals surface area (Å²) in [5.74, 6) is -0.751. The van der Waals surface area contributed by atoms with Gasteiger partial charge < -0.3 is 10.2 Å². The zero-order valence-electron chi connectivity index (χ0n) is 8.16. The molecule has 1 N–H and O–H groups in total. The van der Waals surface area contributed by atoms with Crippen LogP contribution in [-0.4, -0.2) is 11.1 Å². The first-order valence-corrected chi connectivity index (χ1v) is 4.08. The number of hydrogen-bond acceptors (Lipinski definition) is 2. The number of carbonyl (C=O) groups is 1. The van der Waals surface area contributed by atoms with Crippen LogP contribution in [-0.2, 0) is 4.79 Å². The van der Waals surface area contributed by atoms with E-state index in [9.17, 15) is 9.90 Å². The smallest absolute Gasteiger partial charge is 0.872 e. The monoisotopic (exact) mass is 240 g/mol. The molecule has 3 nitrogen and oxygen atoms in total. The number of carboxylic acids is 1. The summed E-state index contributed by atoms with van der Waals surface area (Å²) in [5, 5.41) is 18.7. The van der Waals surface area contributed by atoms with Crippen LogP contribution >= 0.6 is 11.6 Å². The first-order valence-electron chi connectivity index (χ1n) is 3.70. The Balaban J connectivity index is 0. The minimum absolute atomic E-state index is 0.